The van der Waals surface area contributed by atoms with Crippen molar-refractivity contribution in [2.24, 2.45) is 5.73 Å². The highest BCUT2D eigenvalue weighted by Crippen LogP contribution is 2.43. The average molecular weight is 830 g/mol. The van der Waals surface area contributed by atoms with Gasteiger partial charge in [0.2, 0.25) is 0 Å². The van der Waals surface area contributed by atoms with Gasteiger partial charge < -0.3 is 20.1 Å². The van der Waals surface area contributed by atoms with Gasteiger partial charge in [-0.05, 0) is 38.5 Å². The van der Waals surface area contributed by atoms with Crippen LogP contribution in [0.4, 0.5) is 0 Å². The summed E-state index contributed by atoms with van der Waals surface area (Å²) in [6.07, 6.45) is 51.0. The van der Waals surface area contributed by atoms with E-state index in [4.69, 9.17) is 24.3 Å². The SMILES string of the molecule is CCCCCCCCC/C=C\CCCCCCCC(=O)OC(COCCCCCCCCCCCCCCCCCCCCCCCC)COP(=O)(O)OCCN. The van der Waals surface area contributed by atoms with Crippen LogP contribution in [0.2, 0.25) is 0 Å². The van der Waals surface area contributed by atoms with Crippen molar-refractivity contribution in [1.29, 1.82) is 0 Å². The number of phosphoric acid groups is 1. The van der Waals surface area contributed by atoms with Gasteiger partial charge in [0.05, 0.1) is 19.8 Å². The lowest BCUT2D eigenvalue weighted by atomic mass is 10.0. The van der Waals surface area contributed by atoms with E-state index in [9.17, 15) is 14.3 Å². The molecule has 0 spiro atoms. The first kappa shape index (κ1) is 56.2. The van der Waals surface area contributed by atoms with Gasteiger partial charge in [-0.25, -0.2) is 4.57 Å². The Bertz CT molecular complexity index is 889. The summed E-state index contributed by atoms with van der Waals surface area (Å²) in [6.45, 7) is 4.97. The number of allylic oxidation sites excluding steroid dienone is 2. The van der Waals surface area contributed by atoms with Crippen LogP contribution >= 0.6 is 7.82 Å². The van der Waals surface area contributed by atoms with Crippen LogP contribution in [-0.4, -0.2) is 49.9 Å². The zero-order valence-electron chi connectivity index (χ0n) is 37.9. The first-order valence-electron chi connectivity index (χ1n) is 24.7. The molecule has 0 fully saturated rings. The normalized spacial score (nSPS) is 13.4. The van der Waals surface area contributed by atoms with Gasteiger partial charge in [-0.1, -0.05) is 219 Å². The third-order valence-corrected chi connectivity index (χ3v) is 11.9. The van der Waals surface area contributed by atoms with Crippen LogP contribution in [-0.2, 0) is 27.9 Å². The molecular weight excluding hydrogens is 734 g/mol. The monoisotopic (exact) mass is 830 g/mol. The Morgan fingerprint density at radius 1 is 0.509 bits per heavy atom. The maximum absolute atomic E-state index is 12.6. The number of nitrogens with two attached hydrogens (primary N) is 1. The average Bonchev–Trinajstić information content (AvgIpc) is 3.20. The van der Waals surface area contributed by atoms with Gasteiger partial charge >= 0.3 is 13.8 Å². The highest BCUT2D eigenvalue weighted by atomic mass is 31.2. The molecule has 0 aromatic carbocycles. The molecule has 0 bridgehead atoms. The third-order valence-electron chi connectivity index (χ3n) is 10.9. The molecule has 0 saturated carbocycles. The maximum Gasteiger partial charge on any atom is 0.472 e. The molecule has 340 valence electrons. The molecule has 0 saturated heterocycles. The molecule has 0 aliphatic carbocycles. The molecule has 2 unspecified atom stereocenters. The highest BCUT2D eigenvalue weighted by molar-refractivity contribution is 7.47. The molecule has 0 rings (SSSR count). The Labute approximate surface area is 354 Å². The Kier molecular flexibility index (Phi) is 45.7. The van der Waals surface area contributed by atoms with E-state index in [-0.39, 0.29) is 32.3 Å². The number of unbranched alkanes of at least 4 members (excludes halogenated alkanes) is 33. The molecule has 0 amide bonds. The maximum atomic E-state index is 12.6. The summed E-state index contributed by atoms with van der Waals surface area (Å²) in [7, 11) is -4.28. The molecule has 0 aromatic heterocycles. The fraction of sp³-hybridized carbons (Fsp3) is 0.938. The summed E-state index contributed by atoms with van der Waals surface area (Å²) in [5.74, 6) is -0.333. The minimum Gasteiger partial charge on any atom is -0.457 e. The standard InChI is InChI=1S/C48H96NO7P/c1-3-5-7-9-11-13-15-17-19-21-22-23-24-25-26-28-30-32-34-36-38-40-43-53-45-47(46-55-57(51,52)54-44-42-49)56-48(50)41-39-37-35-33-31-29-27-20-18-16-14-12-10-8-6-4-2/h20,27,47H,3-19,21-26,28-46,49H2,1-2H3,(H,51,52)/b27-20-. The van der Waals surface area contributed by atoms with E-state index >= 15 is 0 Å². The predicted octanol–water partition coefficient (Wildman–Crippen LogP) is 15.0. The van der Waals surface area contributed by atoms with Crippen molar-refractivity contribution in [3.8, 4) is 0 Å². The fourth-order valence-electron chi connectivity index (χ4n) is 7.29. The largest absolute Gasteiger partial charge is 0.472 e. The molecule has 8 nitrogen and oxygen atoms in total. The van der Waals surface area contributed by atoms with Crippen molar-refractivity contribution < 1.29 is 32.8 Å². The first-order valence-corrected chi connectivity index (χ1v) is 26.2. The number of phosphoric ester groups is 1. The molecule has 9 heteroatoms. The van der Waals surface area contributed by atoms with Crippen molar-refractivity contribution in [1.82, 2.24) is 0 Å². The number of hydrogen-bond donors (Lipinski definition) is 2. The van der Waals surface area contributed by atoms with Gasteiger partial charge in [0.1, 0.15) is 6.10 Å². The predicted molar refractivity (Wildman–Crippen MR) is 243 cm³/mol. The van der Waals surface area contributed by atoms with E-state index < -0.39 is 13.9 Å². The quantitative estimate of drug-likeness (QED) is 0.0269. The zero-order valence-corrected chi connectivity index (χ0v) is 38.7. The second-order valence-electron chi connectivity index (χ2n) is 16.7. The van der Waals surface area contributed by atoms with Crippen LogP contribution in [0.1, 0.15) is 251 Å². The van der Waals surface area contributed by atoms with Crippen molar-refractivity contribution in [2.75, 3.05) is 33.0 Å². The summed E-state index contributed by atoms with van der Waals surface area (Å²) in [6, 6.07) is 0. The molecule has 3 N–H and O–H groups in total. The summed E-state index contributed by atoms with van der Waals surface area (Å²) < 4.78 is 33.5. The first-order chi connectivity index (χ1) is 27.9. The van der Waals surface area contributed by atoms with Crippen LogP contribution in [0.15, 0.2) is 12.2 Å². The number of ether oxygens (including phenoxy) is 2. The molecule has 2 atom stereocenters. The number of carbonyl (C=O) groups is 1. The van der Waals surface area contributed by atoms with Gasteiger partial charge in [-0.15, -0.1) is 0 Å². The molecule has 0 heterocycles. The molecular formula is C48H96NO7P. The van der Waals surface area contributed by atoms with Crippen molar-refractivity contribution in [3.63, 3.8) is 0 Å². The lowest BCUT2D eigenvalue weighted by molar-refractivity contribution is -0.154. The minimum atomic E-state index is -4.28. The number of rotatable bonds is 48. The van der Waals surface area contributed by atoms with Crippen molar-refractivity contribution in [2.45, 2.75) is 258 Å². The lowest BCUT2D eigenvalue weighted by Crippen LogP contribution is -2.28. The van der Waals surface area contributed by atoms with E-state index in [1.165, 1.54) is 186 Å². The topological polar surface area (TPSA) is 117 Å². The molecule has 0 aromatic rings. The number of esters is 1. The third kappa shape index (κ3) is 46.2. The summed E-state index contributed by atoms with van der Waals surface area (Å²) in [4.78, 5) is 22.5. The van der Waals surface area contributed by atoms with E-state index in [1.54, 1.807) is 0 Å². The van der Waals surface area contributed by atoms with Crippen LogP contribution in [0.25, 0.3) is 0 Å². The van der Waals surface area contributed by atoms with Crippen LogP contribution in [0.5, 0.6) is 0 Å². The van der Waals surface area contributed by atoms with Gasteiger partial charge in [-0.2, -0.15) is 0 Å². The highest BCUT2D eigenvalue weighted by Gasteiger charge is 2.25. The van der Waals surface area contributed by atoms with Crippen LogP contribution in [0.3, 0.4) is 0 Å². The smallest absolute Gasteiger partial charge is 0.457 e. The summed E-state index contributed by atoms with van der Waals surface area (Å²) >= 11 is 0. The van der Waals surface area contributed by atoms with E-state index in [0.717, 1.165) is 44.9 Å². The summed E-state index contributed by atoms with van der Waals surface area (Å²) in [5.41, 5.74) is 5.38. The minimum absolute atomic E-state index is 0.0935. The van der Waals surface area contributed by atoms with E-state index in [1.807, 2.05) is 0 Å². The Morgan fingerprint density at radius 2 is 0.877 bits per heavy atom. The Balaban J connectivity index is 3.91. The van der Waals surface area contributed by atoms with Gasteiger partial charge in [0.15, 0.2) is 0 Å². The van der Waals surface area contributed by atoms with E-state index in [0.29, 0.717) is 13.0 Å². The fourth-order valence-corrected chi connectivity index (χ4v) is 8.05. The van der Waals surface area contributed by atoms with Gasteiger partial charge in [0.25, 0.3) is 0 Å². The Hall–Kier alpha value is -0.760. The van der Waals surface area contributed by atoms with Gasteiger partial charge in [0, 0.05) is 19.6 Å². The van der Waals surface area contributed by atoms with Gasteiger partial charge in [-0.3, -0.25) is 13.8 Å². The second kappa shape index (κ2) is 46.3. The number of carbonyl (C=O) groups excluding carboxylic acids is 1. The molecule has 0 radical (unpaired) electrons. The van der Waals surface area contributed by atoms with Crippen LogP contribution < -0.4 is 5.73 Å². The lowest BCUT2D eigenvalue weighted by Gasteiger charge is -2.20. The summed E-state index contributed by atoms with van der Waals surface area (Å²) in [5, 5.41) is 0. The molecule has 0 aliphatic rings. The molecule has 0 aliphatic heterocycles. The van der Waals surface area contributed by atoms with Crippen LogP contribution in [0, 0.1) is 0 Å². The van der Waals surface area contributed by atoms with Crippen molar-refractivity contribution >= 4 is 13.8 Å². The van der Waals surface area contributed by atoms with E-state index in [2.05, 4.69) is 26.0 Å². The second-order valence-corrected chi connectivity index (χ2v) is 18.1. The number of hydrogen-bond acceptors (Lipinski definition) is 7. The zero-order chi connectivity index (χ0) is 41.6. The van der Waals surface area contributed by atoms with Crippen molar-refractivity contribution in [3.05, 3.63) is 12.2 Å². The Morgan fingerprint density at radius 3 is 1.28 bits per heavy atom. The molecule has 57 heavy (non-hydrogen) atoms.